The summed E-state index contributed by atoms with van der Waals surface area (Å²) in [5, 5.41) is 5.41. The molecule has 0 bridgehead atoms. The first-order valence-electron chi connectivity index (χ1n) is 9.62. The number of hydrogen-bond acceptors (Lipinski definition) is 7. The van der Waals surface area contributed by atoms with Crippen molar-refractivity contribution >= 4 is 23.8 Å². The summed E-state index contributed by atoms with van der Waals surface area (Å²) in [5.41, 5.74) is -1.27. The van der Waals surface area contributed by atoms with Gasteiger partial charge in [0.05, 0.1) is 0 Å². The Morgan fingerprint density at radius 2 is 1.10 bits per heavy atom. The zero-order valence-corrected chi connectivity index (χ0v) is 18.8. The van der Waals surface area contributed by atoms with E-state index in [1.165, 1.54) is 32.0 Å². The van der Waals surface area contributed by atoms with Crippen molar-refractivity contribution in [2.24, 2.45) is 0 Å². The lowest BCUT2D eigenvalue weighted by Crippen LogP contribution is -2.46. The summed E-state index contributed by atoms with van der Waals surface area (Å²) in [6, 6.07) is 4.13. The van der Waals surface area contributed by atoms with Gasteiger partial charge in [0, 0.05) is 11.1 Å². The van der Waals surface area contributed by atoms with Gasteiger partial charge in [-0.15, -0.1) is 0 Å². The van der Waals surface area contributed by atoms with E-state index in [4.69, 9.17) is 9.47 Å². The van der Waals surface area contributed by atoms with Crippen LogP contribution in [0, 0.1) is 0 Å². The van der Waals surface area contributed by atoms with Crippen LogP contribution in [0.15, 0.2) is 18.2 Å². The van der Waals surface area contributed by atoms with Gasteiger partial charge in [-0.3, -0.25) is 9.59 Å². The first kappa shape index (κ1) is 25.1. The van der Waals surface area contributed by atoms with Crippen molar-refractivity contribution in [1.29, 1.82) is 0 Å². The number of nitrogens with zero attached hydrogens (tertiary/aromatic N) is 1. The minimum absolute atomic E-state index is 0.161. The number of rotatable bonds is 6. The van der Waals surface area contributed by atoms with Gasteiger partial charge in [-0.05, 0) is 67.5 Å². The third-order valence-corrected chi connectivity index (χ3v) is 3.47. The fraction of sp³-hybridized carbons (Fsp3) is 0.571. The Labute approximate surface area is 176 Å². The SMILES string of the molecule is CC(OC(=O)c1cccc(C(=O)OC(C)C(=O)NC(C)(C)C)n1)C(=O)NC(C)(C)C. The van der Waals surface area contributed by atoms with Crippen molar-refractivity contribution in [2.75, 3.05) is 0 Å². The summed E-state index contributed by atoms with van der Waals surface area (Å²) in [6.07, 6.45) is -2.09. The van der Waals surface area contributed by atoms with Crippen LogP contribution in [0.25, 0.3) is 0 Å². The van der Waals surface area contributed by atoms with Gasteiger partial charge in [0.15, 0.2) is 12.2 Å². The molecular formula is C21H31N3O6. The van der Waals surface area contributed by atoms with Gasteiger partial charge in [0.1, 0.15) is 11.4 Å². The number of carbonyl (C=O) groups excluding carboxylic acids is 4. The van der Waals surface area contributed by atoms with E-state index in [9.17, 15) is 19.2 Å². The predicted octanol–water partition coefficient (Wildman–Crippen LogP) is 2.00. The first-order chi connectivity index (χ1) is 13.6. The molecule has 0 radical (unpaired) electrons. The fourth-order valence-corrected chi connectivity index (χ4v) is 2.15. The molecule has 0 aliphatic heterocycles. The van der Waals surface area contributed by atoms with Gasteiger partial charge in [-0.1, -0.05) is 6.07 Å². The molecule has 0 fully saturated rings. The smallest absolute Gasteiger partial charge is 0.357 e. The Kier molecular flexibility index (Phi) is 8.09. The molecule has 0 aliphatic carbocycles. The average molecular weight is 421 g/mol. The molecule has 0 saturated heterocycles. The third-order valence-electron chi connectivity index (χ3n) is 3.47. The van der Waals surface area contributed by atoms with Crippen LogP contribution in [0.5, 0.6) is 0 Å². The van der Waals surface area contributed by atoms with E-state index in [1.807, 2.05) is 0 Å². The number of hydrogen-bond donors (Lipinski definition) is 2. The van der Waals surface area contributed by atoms with Crippen molar-refractivity contribution in [3.8, 4) is 0 Å². The minimum atomic E-state index is -1.05. The van der Waals surface area contributed by atoms with Crippen molar-refractivity contribution < 1.29 is 28.7 Å². The number of nitrogens with one attached hydrogen (secondary N) is 2. The molecule has 1 aromatic heterocycles. The van der Waals surface area contributed by atoms with E-state index < -0.39 is 47.0 Å². The Hall–Kier alpha value is -2.97. The fourth-order valence-electron chi connectivity index (χ4n) is 2.15. The minimum Gasteiger partial charge on any atom is -0.448 e. The lowest BCUT2D eigenvalue weighted by molar-refractivity contribution is -0.131. The number of carbonyl (C=O) groups is 4. The molecule has 2 amide bonds. The normalized spacial score (nSPS) is 13.6. The summed E-state index contributed by atoms with van der Waals surface area (Å²) >= 11 is 0. The third kappa shape index (κ3) is 8.59. The summed E-state index contributed by atoms with van der Waals surface area (Å²) in [5.74, 6) is -2.63. The second kappa shape index (κ2) is 9.69. The molecule has 2 atom stereocenters. The molecule has 1 aromatic rings. The van der Waals surface area contributed by atoms with E-state index in [0.717, 1.165) is 0 Å². The molecule has 0 aromatic carbocycles. The molecule has 30 heavy (non-hydrogen) atoms. The summed E-state index contributed by atoms with van der Waals surface area (Å²) in [7, 11) is 0. The van der Waals surface area contributed by atoms with E-state index in [2.05, 4.69) is 15.6 Å². The maximum atomic E-state index is 12.3. The standard InChI is InChI=1S/C21H31N3O6/c1-12(16(25)23-20(3,4)5)29-18(27)14-10-9-11-15(22-14)19(28)30-13(2)17(26)24-21(6,7)8/h9-13H,1-8H3,(H,23,25)(H,24,26). The predicted molar refractivity (Wildman–Crippen MR) is 110 cm³/mol. The molecular weight excluding hydrogens is 390 g/mol. The highest BCUT2D eigenvalue weighted by Gasteiger charge is 2.26. The summed E-state index contributed by atoms with van der Waals surface area (Å²) in [6.45, 7) is 13.7. The zero-order valence-electron chi connectivity index (χ0n) is 18.8. The van der Waals surface area contributed by atoms with Crippen molar-refractivity contribution in [1.82, 2.24) is 15.6 Å². The van der Waals surface area contributed by atoms with Crippen LogP contribution in [0.3, 0.4) is 0 Å². The highest BCUT2D eigenvalue weighted by atomic mass is 16.6. The highest BCUT2D eigenvalue weighted by molar-refractivity contribution is 5.94. The molecule has 2 unspecified atom stereocenters. The van der Waals surface area contributed by atoms with E-state index in [1.54, 1.807) is 41.5 Å². The lowest BCUT2D eigenvalue weighted by Gasteiger charge is -2.23. The maximum Gasteiger partial charge on any atom is 0.357 e. The Morgan fingerprint density at radius 3 is 1.40 bits per heavy atom. The second-order valence-corrected chi connectivity index (χ2v) is 8.98. The quantitative estimate of drug-likeness (QED) is 0.673. The maximum absolute atomic E-state index is 12.3. The van der Waals surface area contributed by atoms with Crippen LogP contribution in [0.4, 0.5) is 0 Å². The number of amides is 2. The number of esters is 2. The number of ether oxygens (including phenoxy) is 2. The van der Waals surface area contributed by atoms with Crippen LogP contribution in [0.1, 0.15) is 76.4 Å². The first-order valence-corrected chi connectivity index (χ1v) is 9.62. The topological polar surface area (TPSA) is 124 Å². The Balaban J connectivity index is 2.79. The lowest BCUT2D eigenvalue weighted by atomic mass is 10.1. The van der Waals surface area contributed by atoms with E-state index in [-0.39, 0.29) is 11.4 Å². The van der Waals surface area contributed by atoms with Crippen LogP contribution >= 0.6 is 0 Å². The van der Waals surface area contributed by atoms with Crippen LogP contribution < -0.4 is 10.6 Å². The molecule has 0 spiro atoms. The van der Waals surface area contributed by atoms with Gasteiger partial charge in [-0.25, -0.2) is 14.6 Å². The molecule has 166 valence electrons. The second-order valence-electron chi connectivity index (χ2n) is 8.98. The van der Waals surface area contributed by atoms with Gasteiger partial charge < -0.3 is 20.1 Å². The van der Waals surface area contributed by atoms with Crippen molar-refractivity contribution in [3.05, 3.63) is 29.6 Å². The largest absolute Gasteiger partial charge is 0.448 e. The molecule has 9 heteroatoms. The van der Waals surface area contributed by atoms with E-state index in [0.29, 0.717) is 0 Å². The monoisotopic (exact) mass is 421 g/mol. The number of aromatic nitrogens is 1. The zero-order chi connectivity index (χ0) is 23.3. The number of pyridine rings is 1. The highest BCUT2D eigenvalue weighted by Crippen LogP contribution is 2.09. The molecule has 1 rings (SSSR count). The van der Waals surface area contributed by atoms with Gasteiger partial charge in [0.25, 0.3) is 11.8 Å². The van der Waals surface area contributed by atoms with Gasteiger partial charge in [0.2, 0.25) is 0 Å². The average Bonchev–Trinajstić information content (AvgIpc) is 2.58. The Bertz CT molecular complexity index is 744. The molecule has 1 heterocycles. The van der Waals surface area contributed by atoms with Gasteiger partial charge >= 0.3 is 11.9 Å². The molecule has 2 N–H and O–H groups in total. The summed E-state index contributed by atoms with van der Waals surface area (Å²) < 4.78 is 10.2. The van der Waals surface area contributed by atoms with Crippen LogP contribution in [-0.4, -0.2) is 52.0 Å². The molecule has 0 aliphatic rings. The van der Waals surface area contributed by atoms with Crippen LogP contribution in [-0.2, 0) is 19.1 Å². The Morgan fingerprint density at radius 1 is 0.767 bits per heavy atom. The van der Waals surface area contributed by atoms with Crippen molar-refractivity contribution in [2.45, 2.75) is 78.7 Å². The van der Waals surface area contributed by atoms with E-state index >= 15 is 0 Å². The summed E-state index contributed by atoms with van der Waals surface area (Å²) in [4.78, 5) is 52.7. The molecule has 0 saturated carbocycles. The van der Waals surface area contributed by atoms with Gasteiger partial charge in [-0.2, -0.15) is 0 Å². The molecule has 9 nitrogen and oxygen atoms in total. The van der Waals surface area contributed by atoms with Crippen LogP contribution in [0.2, 0.25) is 0 Å². The van der Waals surface area contributed by atoms with Crippen molar-refractivity contribution in [3.63, 3.8) is 0 Å².